The molecule has 5 aliphatic carbocycles. The zero-order chi connectivity index (χ0) is 23.3. The van der Waals surface area contributed by atoms with Gasteiger partial charge >= 0.3 is 5.97 Å². The van der Waals surface area contributed by atoms with E-state index in [9.17, 15) is 19.8 Å². The molecule has 4 saturated carbocycles. The van der Waals surface area contributed by atoms with E-state index in [1.54, 1.807) is 0 Å². The fraction of sp³-hybridized carbons (Fsp3) is 0.857. The number of hydrogen-bond acceptors (Lipinski definition) is 3. The summed E-state index contributed by atoms with van der Waals surface area (Å²) < 4.78 is 0. The lowest BCUT2D eigenvalue weighted by Crippen LogP contribution is -2.63. The third-order valence-electron chi connectivity index (χ3n) is 11.7. The molecule has 0 aromatic carbocycles. The lowest BCUT2D eigenvalue weighted by atomic mass is 9.37. The Labute approximate surface area is 193 Å². The SMILES string of the molecule is CC1(C)[C@@H](O)CC[C@]2(C)[C@H]3C(=O)C=C4C(CC[C@H]5CC[C@](C)(C(=O)O)C[C@@H]45)[C@]3(C)CC[C@@H]12. The molecule has 178 valence electrons. The Bertz CT molecular complexity index is 873. The molecule has 0 heterocycles. The second-order valence-electron chi connectivity index (χ2n) is 13.6. The van der Waals surface area contributed by atoms with Crippen molar-refractivity contribution < 1.29 is 19.8 Å². The second kappa shape index (κ2) is 6.93. The van der Waals surface area contributed by atoms with Crippen LogP contribution in [0.4, 0.5) is 0 Å². The fourth-order valence-corrected chi connectivity index (χ4v) is 9.86. The number of carbonyl (C=O) groups is 2. The number of carboxylic acid groups (broad SMARTS) is 1. The second-order valence-corrected chi connectivity index (χ2v) is 13.6. The van der Waals surface area contributed by atoms with Gasteiger partial charge in [-0.1, -0.05) is 33.3 Å². The average Bonchev–Trinajstić information content (AvgIpc) is 2.70. The maximum atomic E-state index is 14.0. The molecular formula is C28H42O4. The lowest BCUT2D eigenvalue weighted by molar-refractivity contribution is -0.187. The Morgan fingerprint density at radius 1 is 0.938 bits per heavy atom. The quantitative estimate of drug-likeness (QED) is 0.552. The molecule has 0 aromatic rings. The van der Waals surface area contributed by atoms with Crippen LogP contribution >= 0.6 is 0 Å². The monoisotopic (exact) mass is 442 g/mol. The van der Waals surface area contributed by atoms with Crippen LogP contribution < -0.4 is 0 Å². The van der Waals surface area contributed by atoms with E-state index in [4.69, 9.17) is 0 Å². The average molecular weight is 443 g/mol. The first-order chi connectivity index (χ1) is 14.8. The molecule has 5 aliphatic rings. The molecule has 0 saturated heterocycles. The summed E-state index contributed by atoms with van der Waals surface area (Å²) >= 11 is 0. The fourth-order valence-electron chi connectivity index (χ4n) is 9.86. The maximum Gasteiger partial charge on any atom is 0.309 e. The summed E-state index contributed by atoms with van der Waals surface area (Å²) in [7, 11) is 0. The number of aliphatic hydroxyl groups excluding tert-OH is 1. The van der Waals surface area contributed by atoms with Gasteiger partial charge in [0.1, 0.15) is 0 Å². The molecule has 0 aliphatic heterocycles. The van der Waals surface area contributed by atoms with Crippen molar-refractivity contribution in [1.82, 2.24) is 0 Å². The molecule has 0 amide bonds. The number of rotatable bonds is 1. The summed E-state index contributed by atoms with van der Waals surface area (Å²) in [6.07, 6.45) is 10.3. The van der Waals surface area contributed by atoms with E-state index < -0.39 is 11.4 Å². The Balaban J connectivity index is 1.55. The lowest BCUT2D eigenvalue weighted by Gasteiger charge is -2.66. The Kier molecular flexibility index (Phi) is 4.90. The first-order valence-corrected chi connectivity index (χ1v) is 13.0. The summed E-state index contributed by atoms with van der Waals surface area (Å²) in [6, 6.07) is 0. The smallest absolute Gasteiger partial charge is 0.309 e. The standard InChI is InChI=1S/C28H42O4/c1-25(2)21-9-12-27(4)19-7-6-16-8-11-26(3,24(31)32)15-18(16)17(19)14-20(29)23(27)28(21,5)13-10-22(25)30/h14,16,18-19,21-23,30H,6-13,15H2,1-5H3,(H,31,32)/t16-,18+,19?,21-,22-,23-,26-,27-,28-/m0/s1. The van der Waals surface area contributed by atoms with Crippen LogP contribution in [0.3, 0.4) is 0 Å². The number of carboxylic acids is 1. The van der Waals surface area contributed by atoms with E-state index in [-0.39, 0.29) is 34.2 Å². The van der Waals surface area contributed by atoms with E-state index in [1.807, 2.05) is 13.0 Å². The van der Waals surface area contributed by atoms with Crippen LogP contribution in [-0.4, -0.2) is 28.1 Å². The summed E-state index contributed by atoms with van der Waals surface area (Å²) in [5, 5.41) is 20.7. The summed E-state index contributed by atoms with van der Waals surface area (Å²) in [5.41, 5.74) is 0.343. The van der Waals surface area contributed by atoms with Gasteiger partial charge in [0.25, 0.3) is 0 Å². The van der Waals surface area contributed by atoms with Gasteiger partial charge in [-0.3, -0.25) is 9.59 Å². The van der Waals surface area contributed by atoms with Gasteiger partial charge in [0.05, 0.1) is 11.5 Å². The summed E-state index contributed by atoms with van der Waals surface area (Å²) in [6.45, 7) is 11.0. The zero-order valence-corrected chi connectivity index (χ0v) is 20.6. The molecule has 0 aromatic heterocycles. The summed E-state index contributed by atoms with van der Waals surface area (Å²) in [4.78, 5) is 26.0. The highest BCUT2D eigenvalue weighted by Gasteiger charge is 2.66. The molecule has 0 radical (unpaired) electrons. The van der Waals surface area contributed by atoms with E-state index >= 15 is 0 Å². The van der Waals surface area contributed by atoms with Crippen LogP contribution in [0.25, 0.3) is 0 Å². The van der Waals surface area contributed by atoms with Crippen LogP contribution in [0.2, 0.25) is 0 Å². The molecule has 1 unspecified atom stereocenters. The third-order valence-corrected chi connectivity index (χ3v) is 11.7. The van der Waals surface area contributed by atoms with E-state index in [2.05, 4.69) is 27.7 Å². The van der Waals surface area contributed by atoms with Crippen molar-refractivity contribution in [3.05, 3.63) is 11.6 Å². The van der Waals surface area contributed by atoms with Crippen LogP contribution in [0.15, 0.2) is 11.6 Å². The van der Waals surface area contributed by atoms with Gasteiger partial charge in [0, 0.05) is 5.92 Å². The number of hydrogen-bond donors (Lipinski definition) is 2. The minimum Gasteiger partial charge on any atom is -0.481 e. The number of ketones is 1. The molecule has 4 fully saturated rings. The predicted octanol–water partition coefficient (Wildman–Crippen LogP) is 5.63. The van der Waals surface area contributed by atoms with Crippen LogP contribution in [0.5, 0.6) is 0 Å². The molecule has 32 heavy (non-hydrogen) atoms. The van der Waals surface area contributed by atoms with E-state index in [1.165, 1.54) is 12.0 Å². The minimum absolute atomic E-state index is 0.0141. The summed E-state index contributed by atoms with van der Waals surface area (Å²) in [5.74, 6) is 1.17. The molecule has 0 spiro atoms. The van der Waals surface area contributed by atoms with Gasteiger partial charge in [-0.25, -0.2) is 0 Å². The highest BCUT2D eigenvalue weighted by atomic mass is 16.4. The van der Waals surface area contributed by atoms with Crippen molar-refractivity contribution in [2.45, 2.75) is 98.5 Å². The van der Waals surface area contributed by atoms with Crippen LogP contribution in [0.1, 0.15) is 92.4 Å². The van der Waals surface area contributed by atoms with Gasteiger partial charge in [0.2, 0.25) is 0 Å². The third kappa shape index (κ3) is 2.83. The van der Waals surface area contributed by atoms with Gasteiger partial charge in [-0.15, -0.1) is 0 Å². The first-order valence-electron chi connectivity index (χ1n) is 13.0. The molecule has 2 N–H and O–H groups in total. The first kappa shape index (κ1) is 22.6. The van der Waals surface area contributed by atoms with Crippen molar-refractivity contribution in [2.75, 3.05) is 0 Å². The van der Waals surface area contributed by atoms with E-state index in [0.717, 1.165) is 44.9 Å². The van der Waals surface area contributed by atoms with Crippen LogP contribution in [-0.2, 0) is 9.59 Å². The molecule has 9 atom stereocenters. The van der Waals surface area contributed by atoms with Gasteiger partial charge in [-0.05, 0) is 111 Å². The van der Waals surface area contributed by atoms with Crippen molar-refractivity contribution in [3.8, 4) is 0 Å². The Hall–Kier alpha value is -1.16. The zero-order valence-electron chi connectivity index (χ0n) is 20.6. The van der Waals surface area contributed by atoms with Crippen molar-refractivity contribution in [2.24, 2.45) is 51.2 Å². The highest BCUT2D eigenvalue weighted by molar-refractivity contribution is 5.95. The van der Waals surface area contributed by atoms with Crippen molar-refractivity contribution in [1.29, 1.82) is 0 Å². The van der Waals surface area contributed by atoms with Crippen LogP contribution in [0, 0.1) is 51.2 Å². The number of carbonyl (C=O) groups excluding carboxylic acids is 1. The molecule has 5 rings (SSSR count). The van der Waals surface area contributed by atoms with Crippen molar-refractivity contribution in [3.63, 3.8) is 0 Å². The number of fused-ring (bicyclic) bond motifs is 7. The van der Waals surface area contributed by atoms with E-state index in [0.29, 0.717) is 30.0 Å². The van der Waals surface area contributed by atoms with Gasteiger partial charge < -0.3 is 10.2 Å². The molecule has 4 nitrogen and oxygen atoms in total. The minimum atomic E-state index is -0.680. The Morgan fingerprint density at radius 2 is 1.62 bits per heavy atom. The topological polar surface area (TPSA) is 74.6 Å². The number of allylic oxidation sites excluding steroid dienone is 2. The number of aliphatic hydroxyl groups is 1. The predicted molar refractivity (Wildman–Crippen MR) is 124 cm³/mol. The molecular weight excluding hydrogens is 400 g/mol. The van der Waals surface area contributed by atoms with Gasteiger partial charge in [0.15, 0.2) is 5.78 Å². The van der Waals surface area contributed by atoms with Gasteiger partial charge in [-0.2, -0.15) is 0 Å². The number of aliphatic carboxylic acids is 1. The van der Waals surface area contributed by atoms with Crippen molar-refractivity contribution >= 4 is 11.8 Å². The largest absolute Gasteiger partial charge is 0.481 e. The maximum absolute atomic E-state index is 14.0. The highest BCUT2D eigenvalue weighted by Crippen LogP contribution is 2.70. The molecule has 0 bridgehead atoms. The Morgan fingerprint density at radius 3 is 2.31 bits per heavy atom. The normalized spacial score (nSPS) is 52.1. The molecule has 4 heteroatoms.